The van der Waals surface area contributed by atoms with Gasteiger partial charge in [-0.3, -0.25) is 0 Å². The van der Waals surface area contributed by atoms with E-state index in [-0.39, 0.29) is 16.9 Å². The highest BCUT2D eigenvalue weighted by atomic mass is 19.2. The van der Waals surface area contributed by atoms with E-state index in [1.807, 2.05) is 6.92 Å². The number of carbonyl (C=O) groups is 1. The second-order valence-electron chi connectivity index (χ2n) is 6.89. The first-order valence-corrected chi connectivity index (χ1v) is 10.1. The van der Waals surface area contributed by atoms with Gasteiger partial charge in [-0.25, -0.2) is 13.6 Å². The average Bonchev–Trinajstić information content (AvgIpc) is 2.71. The summed E-state index contributed by atoms with van der Waals surface area (Å²) in [6.45, 7) is 4.43. The molecule has 0 bridgehead atoms. The lowest BCUT2D eigenvalue weighted by Crippen LogP contribution is -2.12. The van der Waals surface area contributed by atoms with Crippen LogP contribution in [-0.4, -0.2) is 12.6 Å². The molecule has 2 aromatic rings. The minimum Gasteiger partial charge on any atom is -0.494 e. The van der Waals surface area contributed by atoms with E-state index in [2.05, 4.69) is 6.92 Å². The van der Waals surface area contributed by atoms with Crippen molar-refractivity contribution in [3.8, 4) is 11.5 Å². The molecular weight excluding hydrogens is 381 g/mol. The summed E-state index contributed by atoms with van der Waals surface area (Å²) >= 11 is 0. The van der Waals surface area contributed by atoms with E-state index in [9.17, 15) is 18.0 Å². The van der Waals surface area contributed by atoms with E-state index in [4.69, 9.17) is 9.47 Å². The maximum atomic E-state index is 14.3. The molecule has 0 aliphatic rings. The molecule has 0 saturated carbocycles. The van der Waals surface area contributed by atoms with E-state index in [1.54, 1.807) is 0 Å². The van der Waals surface area contributed by atoms with Crippen molar-refractivity contribution < 1.29 is 27.4 Å². The number of esters is 1. The highest BCUT2D eigenvalue weighted by Crippen LogP contribution is 2.26. The number of hydrogen-bond donors (Lipinski definition) is 0. The third kappa shape index (κ3) is 6.51. The molecule has 0 atom stereocenters. The van der Waals surface area contributed by atoms with Gasteiger partial charge in [0.05, 0.1) is 12.2 Å². The van der Waals surface area contributed by atoms with Crippen LogP contribution < -0.4 is 9.47 Å². The molecular formula is C23H27F3O3. The first-order valence-electron chi connectivity index (χ1n) is 10.1. The fourth-order valence-electron chi connectivity index (χ4n) is 2.89. The van der Waals surface area contributed by atoms with Crippen molar-refractivity contribution in [1.82, 2.24) is 0 Å². The predicted octanol–water partition coefficient (Wildman–Crippen LogP) is 6.62. The monoisotopic (exact) mass is 408 g/mol. The van der Waals surface area contributed by atoms with Gasteiger partial charge in [-0.15, -0.1) is 0 Å². The number of benzene rings is 2. The summed E-state index contributed by atoms with van der Waals surface area (Å²) in [5, 5.41) is 0. The Bertz CT molecular complexity index is 821. The second kappa shape index (κ2) is 11.5. The lowest BCUT2D eigenvalue weighted by molar-refractivity contribution is 0.0721. The van der Waals surface area contributed by atoms with Crippen LogP contribution in [0.4, 0.5) is 13.2 Å². The van der Waals surface area contributed by atoms with Crippen molar-refractivity contribution in [2.75, 3.05) is 6.61 Å². The Morgan fingerprint density at radius 3 is 2.34 bits per heavy atom. The minimum absolute atomic E-state index is 0.238. The summed E-state index contributed by atoms with van der Waals surface area (Å²) in [5.74, 6) is -4.51. The fourth-order valence-corrected chi connectivity index (χ4v) is 2.89. The highest BCUT2D eigenvalue weighted by Gasteiger charge is 2.20. The summed E-state index contributed by atoms with van der Waals surface area (Å²) in [6, 6.07) is 6.29. The van der Waals surface area contributed by atoms with E-state index in [0.29, 0.717) is 13.0 Å². The minimum atomic E-state index is -1.24. The Morgan fingerprint density at radius 2 is 1.66 bits per heavy atom. The third-order valence-corrected chi connectivity index (χ3v) is 4.51. The van der Waals surface area contributed by atoms with Crippen LogP contribution in [0.25, 0.3) is 0 Å². The Kier molecular flexibility index (Phi) is 9.03. The largest absolute Gasteiger partial charge is 0.494 e. The zero-order valence-electron chi connectivity index (χ0n) is 16.9. The summed E-state index contributed by atoms with van der Waals surface area (Å²) in [5.41, 5.74) is -0.143. The SMILES string of the molecule is CCCCCCCc1ccc(OC(=O)c2ccc(OCCC)cc2F)c(F)c1F. The van der Waals surface area contributed by atoms with Crippen LogP contribution in [0.15, 0.2) is 30.3 Å². The molecule has 6 heteroatoms. The van der Waals surface area contributed by atoms with E-state index in [1.165, 1.54) is 24.3 Å². The van der Waals surface area contributed by atoms with Gasteiger partial charge in [-0.2, -0.15) is 4.39 Å². The van der Waals surface area contributed by atoms with Crippen LogP contribution in [0.1, 0.15) is 68.3 Å². The molecule has 2 aromatic carbocycles. The number of halogens is 3. The standard InChI is InChI=1S/C23H27F3O3/c1-3-5-6-7-8-9-16-10-13-20(22(26)21(16)25)29-23(27)18-12-11-17(15-19(18)24)28-14-4-2/h10-13,15H,3-9,14H2,1-2H3. The average molecular weight is 408 g/mol. The fraction of sp³-hybridized carbons (Fsp3) is 0.435. The number of carbonyl (C=O) groups excluding carboxylic acids is 1. The van der Waals surface area contributed by atoms with Crippen molar-refractivity contribution in [2.45, 2.75) is 58.8 Å². The third-order valence-electron chi connectivity index (χ3n) is 4.51. The molecule has 0 N–H and O–H groups in total. The summed E-state index contributed by atoms with van der Waals surface area (Å²) in [4.78, 5) is 12.2. The van der Waals surface area contributed by atoms with Crippen LogP contribution in [-0.2, 0) is 6.42 Å². The molecule has 3 nitrogen and oxygen atoms in total. The molecule has 29 heavy (non-hydrogen) atoms. The summed E-state index contributed by atoms with van der Waals surface area (Å²) < 4.78 is 52.9. The molecule has 0 heterocycles. The maximum absolute atomic E-state index is 14.3. The van der Waals surface area contributed by atoms with Crippen molar-refractivity contribution in [3.63, 3.8) is 0 Å². The maximum Gasteiger partial charge on any atom is 0.346 e. The smallest absolute Gasteiger partial charge is 0.346 e. The molecule has 0 spiro atoms. The molecule has 158 valence electrons. The quantitative estimate of drug-likeness (QED) is 0.238. The molecule has 0 saturated heterocycles. The number of rotatable bonds is 11. The number of aryl methyl sites for hydroxylation is 1. The Labute approximate surface area is 169 Å². The highest BCUT2D eigenvalue weighted by molar-refractivity contribution is 5.91. The molecule has 0 fully saturated rings. The number of ether oxygens (including phenoxy) is 2. The first-order chi connectivity index (χ1) is 14.0. The molecule has 0 aromatic heterocycles. The van der Waals surface area contributed by atoms with Crippen molar-refractivity contribution in [3.05, 3.63) is 58.9 Å². The van der Waals surface area contributed by atoms with Gasteiger partial charge in [-0.05, 0) is 43.0 Å². The predicted molar refractivity (Wildman–Crippen MR) is 106 cm³/mol. The van der Waals surface area contributed by atoms with Gasteiger partial charge in [0.2, 0.25) is 5.82 Å². The van der Waals surface area contributed by atoms with Gasteiger partial charge in [0.1, 0.15) is 11.6 Å². The molecule has 0 aliphatic heterocycles. The molecule has 0 unspecified atom stereocenters. The zero-order chi connectivity index (χ0) is 21.2. The summed E-state index contributed by atoms with van der Waals surface area (Å²) in [6.07, 6.45) is 6.16. The van der Waals surface area contributed by atoms with Crippen molar-refractivity contribution in [2.24, 2.45) is 0 Å². The van der Waals surface area contributed by atoms with Gasteiger partial charge in [0.15, 0.2) is 11.6 Å². The lowest BCUT2D eigenvalue weighted by atomic mass is 10.0. The molecule has 0 radical (unpaired) electrons. The van der Waals surface area contributed by atoms with Gasteiger partial charge < -0.3 is 9.47 Å². The first kappa shape index (κ1) is 22.8. The number of unbranched alkanes of at least 4 members (excludes halogenated alkanes) is 4. The normalized spacial score (nSPS) is 10.8. The van der Waals surface area contributed by atoms with Gasteiger partial charge >= 0.3 is 5.97 Å². The Morgan fingerprint density at radius 1 is 0.897 bits per heavy atom. The summed E-state index contributed by atoms with van der Waals surface area (Å²) in [7, 11) is 0. The molecule has 0 aliphatic carbocycles. The van der Waals surface area contributed by atoms with Crippen LogP contribution in [0.3, 0.4) is 0 Å². The van der Waals surface area contributed by atoms with E-state index in [0.717, 1.165) is 44.6 Å². The van der Waals surface area contributed by atoms with Crippen LogP contribution >= 0.6 is 0 Å². The Balaban J connectivity index is 2.04. The zero-order valence-corrected chi connectivity index (χ0v) is 16.9. The van der Waals surface area contributed by atoms with Crippen LogP contribution in [0.5, 0.6) is 11.5 Å². The van der Waals surface area contributed by atoms with E-state index >= 15 is 0 Å². The van der Waals surface area contributed by atoms with Gasteiger partial charge in [-0.1, -0.05) is 45.6 Å². The number of hydrogen-bond acceptors (Lipinski definition) is 3. The van der Waals surface area contributed by atoms with Gasteiger partial charge in [0.25, 0.3) is 0 Å². The second-order valence-corrected chi connectivity index (χ2v) is 6.89. The van der Waals surface area contributed by atoms with Crippen LogP contribution in [0, 0.1) is 17.5 Å². The van der Waals surface area contributed by atoms with Crippen molar-refractivity contribution in [1.29, 1.82) is 0 Å². The van der Waals surface area contributed by atoms with Gasteiger partial charge in [0, 0.05) is 6.07 Å². The lowest BCUT2D eigenvalue weighted by Gasteiger charge is -2.10. The Hall–Kier alpha value is -2.50. The topological polar surface area (TPSA) is 35.5 Å². The molecule has 2 rings (SSSR count). The van der Waals surface area contributed by atoms with Crippen LogP contribution in [0.2, 0.25) is 0 Å². The van der Waals surface area contributed by atoms with E-state index < -0.39 is 29.2 Å². The molecule has 0 amide bonds. The van der Waals surface area contributed by atoms with Crippen molar-refractivity contribution >= 4 is 5.97 Å².